The van der Waals surface area contributed by atoms with Gasteiger partial charge in [0.05, 0.1) is 16.8 Å². The Kier molecular flexibility index (Phi) is 3.34. The van der Waals surface area contributed by atoms with Gasteiger partial charge in [0, 0.05) is 6.20 Å². The van der Waals surface area contributed by atoms with Crippen molar-refractivity contribution in [2.45, 2.75) is 18.7 Å². The number of nitrogens with zero attached hydrogens (tertiary/aromatic N) is 1. The molecule has 1 heterocycles. The van der Waals surface area contributed by atoms with Gasteiger partial charge in [-0.05, 0) is 37.1 Å². The van der Waals surface area contributed by atoms with Crippen LogP contribution in [0.4, 0.5) is 5.69 Å². The van der Waals surface area contributed by atoms with E-state index in [4.69, 9.17) is 0 Å². The van der Waals surface area contributed by atoms with Gasteiger partial charge in [0.1, 0.15) is 0 Å². The number of hydrogen-bond donors (Lipinski definition) is 1. The van der Waals surface area contributed by atoms with Crippen LogP contribution in [0.25, 0.3) is 0 Å². The van der Waals surface area contributed by atoms with E-state index < -0.39 is 10.0 Å². The van der Waals surface area contributed by atoms with Crippen LogP contribution in [-0.4, -0.2) is 13.4 Å². The topological polar surface area (TPSA) is 59.1 Å². The molecule has 0 aliphatic rings. The molecule has 1 N–H and O–H groups in total. The highest BCUT2D eigenvalue weighted by atomic mass is 32.2. The zero-order valence-corrected chi connectivity index (χ0v) is 11.0. The van der Waals surface area contributed by atoms with Crippen molar-refractivity contribution in [1.82, 2.24) is 4.98 Å². The summed E-state index contributed by atoms with van der Waals surface area (Å²) in [6.07, 6.45) is 3.13. The molecule has 0 radical (unpaired) electrons. The quantitative estimate of drug-likeness (QED) is 0.924. The van der Waals surface area contributed by atoms with Gasteiger partial charge in [0.2, 0.25) is 0 Å². The third-order valence-electron chi connectivity index (χ3n) is 2.67. The largest absolute Gasteiger partial charge is 0.278 e. The lowest BCUT2D eigenvalue weighted by Gasteiger charge is -2.11. The number of pyridine rings is 1. The molecule has 94 valence electrons. The Balaban J connectivity index is 2.40. The molecule has 0 fully saturated rings. The van der Waals surface area contributed by atoms with Crippen LogP contribution in [0.1, 0.15) is 11.1 Å². The molecule has 0 amide bonds. The molecule has 18 heavy (non-hydrogen) atoms. The van der Waals surface area contributed by atoms with Crippen LogP contribution < -0.4 is 4.72 Å². The standard InChI is InChI=1S/C13H14N2O2S/c1-10-7-8-14-9-12(10)15-18(16,17)13-6-4-3-5-11(13)2/h3-9,15H,1-2H3. The number of benzene rings is 1. The molecule has 0 saturated heterocycles. The lowest BCUT2D eigenvalue weighted by Crippen LogP contribution is -2.15. The summed E-state index contributed by atoms with van der Waals surface area (Å²) in [4.78, 5) is 4.20. The molecule has 1 aromatic heterocycles. The Hall–Kier alpha value is -1.88. The average Bonchev–Trinajstić information content (AvgIpc) is 2.32. The number of hydrogen-bond acceptors (Lipinski definition) is 3. The number of anilines is 1. The number of aromatic nitrogens is 1. The van der Waals surface area contributed by atoms with Crippen LogP contribution in [-0.2, 0) is 10.0 Å². The summed E-state index contributed by atoms with van der Waals surface area (Å²) in [6.45, 7) is 3.60. The predicted molar refractivity (Wildman–Crippen MR) is 71.0 cm³/mol. The highest BCUT2D eigenvalue weighted by molar-refractivity contribution is 7.92. The maximum atomic E-state index is 12.2. The van der Waals surface area contributed by atoms with E-state index >= 15 is 0 Å². The summed E-state index contributed by atoms with van der Waals surface area (Å²) >= 11 is 0. The van der Waals surface area contributed by atoms with Crippen molar-refractivity contribution in [3.63, 3.8) is 0 Å². The minimum atomic E-state index is -3.56. The first-order valence-electron chi connectivity index (χ1n) is 5.50. The minimum Gasteiger partial charge on any atom is -0.278 e. The summed E-state index contributed by atoms with van der Waals surface area (Å²) in [5.41, 5.74) is 2.05. The highest BCUT2D eigenvalue weighted by Crippen LogP contribution is 2.20. The molecular formula is C13H14N2O2S. The maximum Gasteiger partial charge on any atom is 0.262 e. The second-order valence-corrected chi connectivity index (χ2v) is 5.71. The van der Waals surface area contributed by atoms with Gasteiger partial charge >= 0.3 is 0 Å². The summed E-state index contributed by atoms with van der Waals surface area (Å²) in [5, 5.41) is 0. The van der Waals surface area contributed by atoms with Crippen LogP contribution in [0.3, 0.4) is 0 Å². The lowest BCUT2D eigenvalue weighted by molar-refractivity contribution is 0.600. The Bertz CT molecular complexity index is 666. The summed E-state index contributed by atoms with van der Waals surface area (Å²) in [6, 6.07) is 8.63. The zero-order chi connectivity index (χ0) is 13.2. The van der Waals surface area contributed by atoms with Gasteiger partial charge in [-0.15, -0.1) is 0 Å². The molecule has 1 aromatic carbocycles. The van der Waals surface area contributed by atoms with Gasteiger partial charge in [0.25, 0.3) is 10.0 Å². The van der Waals surface area contributed by atoms with Crippen LogP contribution in [0.5, 0.6) is 0 Å². The molecule has 0 spiro atoms. The Morgan fingerprint density at radius 2 is 1.78 bits per heavy atom. The number of aryl methyl sites for hydroxylation is 2. The summed E-state index contributed by atoms with van der Waals surface area (Å²) < 4.78 is 27.0. The lowest BCUT2D eigenvalue weighted by atomic mass is 10.2. The predicted octanol–water partition coefficient (Wildman–Crippen LogP) is 2.50. The minimum absolute atomic E-state index is 0.285. The van der Waals surface area contributed by atoms with Crippen LogP contribution in [0.2, 0.25) is 0 Å². The normalized spacial score (nSPS) is 11.2. The van der Waals surface area contributed by atoms with Crippen molar-refractivity contribution in [1.29, 1.82) is 0 Å². The highest BCUT2D eigenvalue weighted by Gasteiger charge is 2.16. The maximum absolute atomic E-state index is 12.2. The number of sulfonamides is 1. The fraction of sp³-hybridized carbons (Fsp3) is 0.154. The van der Waals surface area contributed by atoms with Crippen molar-refractivity contribution in [3.05, 3.63) is 53.9 Å². The van der Waals surface area contributed by atoms with E-state index in [0.29, 0.717) is 11.3 Å². The van der Waals surface area contributed by atoms with Gasteiger partial charge in [-0.2, -0.15) is 0 Å². The summed E-state index contributed by atoms with van der Waals surface area (Å²) in [5.74, 6) is 0. The van der Waals surface area contributed by atoms with Gasteiger partial charge in [-0.3, -0.25) is 9.71 Å². The molecule has 2 aromatic rings. The molecule has 2 rings (SSSR count). The van der Waals surface area contributed by atoms with Crippen molar-refractivity contribution < 1.29 is 8.42 Å². The van der Waals surface area contributed by atoms with E-state index in [9.17, 15) is 8.42 Å². The molecule has 0 saturated carbocycles. The first kappa shape index (κ1) is 12.6. The van der Waals surface area contributed by atoms with Crippen LogP contribution >= 0.6 is 0 Å². The van der Waals surface area contributed by atoms with Crippen LogP contribution in [0, 0.1) is 13.8 Å². The van der Waals surface area contributed by atoms with Gasteiger partial charge in [-0.25, -0.2) is 8.42 Å². The Labute approximate surface area is 107 Å². The van der Waals surface area contributed by atoms with E-state index in [2.05, 4.69) is 9.71 Å². The van der Waals surface area contributed by atoms with E-state index in [1.165, 1.54) is 6.20 Å². The van der Waals surface area contributed by atoms with E-state index in [0.717, 1.165) is 5.56 Å². The fourth-order valence-corrected chi connectivity index (χ4v) is 2.99. The van der Waals surface area contributed by atoms with Crippen molar-refractivity contribution >= 4 is 15.7 Å². The summed E-state index contributed by atoms with van der Waals surface area (Å²) in [7, 11) is -3.56. The van der Waals surface area contributed by atoms with Crippen molar-refractivity contribution in [3.8, 4) is 0 Å². The van der Waals surface area contributed by atoms with Crippen molar-refractivity contribution in [2.24, 2.45) is 0 Å². The fourth-order valence-electron chi connectivity index (χ4n) is 1.63. The van der Waals surface area contributed by atoms with Crippen LogP contribution in [0.15, 0.2) is 47.6 Å². The number of nitrogens with one attached hydrogen (secondary N) is 1. The second-order valence-electron chi connectivity index (χ2n) is 4.06. The molecule has 0 aliphatic carbocycles. The monoisotopic (exact) mass is 262 g/mol. The molecule has 0 unspecified atom stereocenters. The molecule has 0 aliphatic heterocycles. The molecular weight excluding hydrogens is 248 g/mol. The molecule has 5 heteroatoms. The Morgan fingerprint density at radius 1 is 1.06 bits per heavy atom. The smallest absolute Gasteiger partial charge is 0.262 e. The third kappa shape index (κ3) is 2.51. The van der Waals surface area contributed by atoms with Gasteiger partial charge in [0.15, 0.2) is 0 Å². The van der Waals surface area contributed by atoms with E-state index in [1.807, 2.05) is 13.0 Å². The molecule has 0 bridgehead atoms. The third-order valence-corrected chi connectivity index (χ3v) is 4.19. The first-order valence-corrected chi connectivity index (χ1v) is 6.98. The van der Waals surface area contributed by atoms with Gasteiger partial charge in [-0.1, -0.05) is 18.2 Å². The molecule has 4 nitrogen and oxygen atoms in total. The SMILES string of the molecule is Cc1ccncc1NS(=O)(=O)c1ccccc1C. The van der Waals surface area contributed by atoms with Gasteiger partial charge < -0.3 is 0 Å². The van der Waals surface area contributed by atoms with E-state index in [1.54, 1.807) is 37.4 Å². The second kappa shape index (κ2) is 4.78. The first-order chi connectivity index (χ1) is 8.50. The van der Waals surface area contributed by atoms with E-state index in [-0.39, 0.29) is 4.90 Å². The number of rotatable bonds is 3. The van der Waals surface area contributed by atoms with Crippen molar-refractivity contribution in [2.75, 3.05) is 4.72 Å². The molecule has 0 atom stereocenters. The Morgan fingerprint density at radius 3 is 2.44 bits per heavy atom. The zero-order valence-electron chi connectivity index (χ0n) is 10.2. The average molecular weight is 262 g/mol.